The van der Waals surface area contributed by atoms with E-state index in [2.05, 4.69) is 15.4 Å². The number of carbonyl (C=O) groups is 4. The molecule has 0 radical (unpaired) electrons. The number of Topliss-reactive ketones (excluding diaryl/α,β-unsaturated/α-hetero) is 1. The summed E-state index contributed by atoms with van der Waals surface area (Å²) in [6.07, 6.45) is 1.03. The SMILES string of the molecule is COC(=O)C(=O)CC(Cc1ccccc1)NC(=O)C[C@H](CC(C)C)NC(C)=O. The average Bonchev–Trinajstić information content (AvgIpc) is 2.60. The van der Waals surface area contributed by atoms with Crippen molar-refractivity contribution in [1.82, 2.24) is 10.6 Å². The minimum Gasteiger partial charge on any atom is -0.463 e. The molecule has 1 rings (SSSR count). The van der Waals surface area contributed by atoms with Gasteiger partial charge >= 0.3 is 5.97 Å². The van der Waals surface area contributed by atoms with Crippen LogP contribution >= 0.6 is 0 Å². The number of esters is 1. The van der Waals surface area contributed by atoms with Crippen molar-refractivity contribution in [3.63, 3.8) is 0 Å². The molecule has 1 aromatic carbocycles. The highest BCUT2D eigenvalue weighted by Crippen LogP contribution is 2.11. The van der Waals surface area contributed by atoms with Gasteiger partial charge in [-0.05, 0) is 24.3 Å². The summed E-state index contributed by atoms with van der Waals surface area (Å²) in [5.74, 6) is -1.78. The van der Waals surface area contributed by atoms with Gasteiger partial charge in [0.25, 0.3) is 0 Å². The van der Waals surface area contributed by atoms with E-state index in [-0.39, 0.29) is 30.7 Å². The van der Waals surface area contributed by atoms with Crippen LogP contribution < -0.4 is 10.6 Å². The lowest BCUT2D eigenvalue weighted by molar-refractivity contribution is -0.152. The number of benzene rings is 1. The summed E-state index contributed by atoms with van der Waals surface area (Å²) < 4.78 is 4.47. The van der Waals surface area contributed by atoms with Crippen LogP contribution in [0.2, 0.25) is 0 Å². The molecule has 1 aromatic rings. The summed E-state index contributed by atoms with van der Waals surface area (Å²) >= 11 is 0. The molecule has 28 heavy (non-hydrogen) atoms. The normalized spacial score (nSPS) is 12.8. The zero-order valence-corrected chi connectivity index (χ0v) is 17.0. The van der Waals surface area contributed by atoms with Crippen molar-refractivity contribution in [1.29, 1.82) is 0 Å². The van der Waals surface area contributed by atoms with Crippen molar-refractivity contribution in [2.45, 2.75) is 58.5 Å². The van der Waals surface area contributed by atoms with Crippen LogP contribution in [0, 0.1) is 5.92 Å². The van der Waals surface area contributed by atoms with Gasteiger partial charge in [0.05, 0.1) is 7.11 Å². The Morgan fingerprint density at radius 2 is 1.61 bits per heavy atom. The van der Waals surface area contributed by atoms with E-state index in [1.807, 2.05) is 44.2 Å². The average molecular weight is 390 g/mol. The molecule has 0 aromatic heterocycles. The van der Waals surface area contributed by atoms with Gasteiger partial charge in [-0.25, -0.2) is 4.79 Å². The molecule has 7 nitrogen and oxygen atoms in total. The highest BCUT2D eigenvalue weighted by Gasteiger charge is 2.24. The van der Waals surface area contributed by atoms with E-state index in [0.29, 0.717) is 18.8 Å². The number of rotatable bonds is 11. The van der Waals surface area contributed by atoms with Crippen LogP contribution in [-0.4, -0.2) is 42.8 Å². The molecule has 0 spiro atoms. The molecule has 0 fully saturated rings. The summed E-state index contributed by atoms with van der Waals surface area (Å²) in [4.78, 5) is 47.4. The molecule has 7 heteroatoms. The maximum Gasteiger partial charge on any atom is 0.374 e. The van der Waals surface area contributed by atoms with Gasteiger partial charge in [0.15, 0.2) is 0 Å². The van der Waals surface area contributed by atoms with Gasteiger partial charge < -0.3 is 15.4 Å². The summed E-state index contributed by atoms with van der Waals surface area (Å²) in [5.41, 5.74) is 0.936. The fourth-order valence-corrected chi connectivity index (χ4v) is 3.05. The van der Waals surface area contributed by atoms with Gasteiger partial charge in [0, 0.05) is 31.8 Å². The Morgan fingerprint density at radius 1 is 0.964 bits per heavy atom. The largest absolute Gasteiger partial charge is 0.463 e. The number of hydrogen-bond donors (Lipinski definition) is 2. The second-order valence-electron chi connectivity index (χ2n) is 7.30. The Kier molecular flexibility index (Phi) is 9.92. The van der Waals surface area contributed by atoms with E-state index in [1.54, 1.807) is 0 Å². The summed E-state index contributed by atoms with van der Waals surface area (Å²) in [5, 5.41) is 5.63. The van der Waals surface area contributed by atoms with Crippen LogP contribution in [0.25, 0.3) is 0 Å². The molecule has 0 saturated heterocycles. The monoisotopic (exact) mass is 390 g/mol. The van der Waals surface area contributed by atoms with Gasteiger partial charge in [-0.1, -0.05) is 44.2 Å². The number of amides is 2. The van der Waals surface area contributed by atoms with Crippen molar-refractivity contribution in [2.24, 2.45) is 5.92 Å². The molecule has 1 unspecified atom stereocenters. The van der Waals surface area contributed by atoms with Crippen molar-refractivity contribution in [3.05, 3.63) is 35.9 Å². The maximum absolute atomic E-state index is 12.5. The molecule has 2 atom stereocenters. The van der Waals surface area contributed by atoms with E-state index >= 15 is 0 Å². The fraction of sp³-hybridized carbons (Fsp3) is 0.524. The van der Waals surface area contributed by atoms with Crippen LogP contribution in [0.3, 0.4) is 0 Å². The van der Waals surface area contributed by atoms with Crippen LogP contribution in [0.15, 0.2) is 30.3 Å². The molecule has 154 valence electrons. The second kappa shape index (κ2) is 11.9. The molecular formula is C21H30N2O5. The molecule has 0 saturated carbocycles. The third-order valence-electron chi connectivity index (χ3n) is 4.13. The van der Waals surface area contributed by atoms with E-state index in [1.165, 1.54) is 6.92 Å². The van der Waals surface area contributed by atoms with E-state index in [9.17, 15) is 19.2 Å². The van der Waals surface area contributed by atoms with E-state index < -0.39 is 17.8 Å². The molecule has 2 amide bonds. The quantitative estimate of drug-likeness (QED) is 0.443. The zero-order chi connectivity index (χ0) is 21.1. The highest BCUT2D eigenvalue weighted by atomic mass is 16.5. The van der Waals surface area contributed by atoms with Crippen LogP contribution in [0.5, 0.6) is 0 Å². The lowest BCUT2D eigenvalue weighted by atomic mass is 9.98. The summed E-state index contributed by atoms with van der Waals surface area (Å²) in [6.45, 7) is 5.44. The number of nitrogens with one attached hydrogen (secondary N) is 2. The van der Waals surface area contributed by atoms with Crippen molar-refractivity contribution in [3.8, 4) is 0 Å². The molecule has 0 aliphatic carbocycles. The van der Waals surface area contributed by atoms with Crippen molar-refractivity contribution in [2.75, 3.05) is 7.11 Å². The number of ketones is 1. The number of hydrogen-bond acceptors (Lipinski definition) is 5. The van der Waals surface area contributed by atoms with E-state index in [0.717, 1.165) is 12.7 Å². The third kappa shape index (κ3) is 9.30. The Balaban J connectivity index is 2.81. The molecule has 0 aliphatic rings. The summed E-state index contributed by atoms with van der Waals surface area (Å²) in [6, 6.07) is 8.56. The topological polar surface area (TPSA) is 102 Å². The molecule has 0 heterocycles. The lowest BCUT2D eigenvalue weighted by Crippen LogP contribution is -2.43. The predicted molar refractivity (Wildman–Crippen MR) is 105 cm³/mol. The molecular weight excluding hydrogens is 360 g/mol. The lowest BCUT2D eigenvalue weighted by Gasteiger charge is -2.22. The first-order valence-electron chi connectivity index (χ1n) is 9.42. The third-order valence-corrected chi connectivity index (χ3v) is 4.13. The van der Waals surface area contributed by atoms with Crippen molar-refractivity contribution >= 4 is 23.6 Å². The molecule has 2 N–H and O–H groups in total. The second-order valence-corrected chi connectivity index (χ2v) is 7.30. The van der Waals surface area contributed by atoms with Gasteiger partial charge in [-0.2, -0.15) is 0 Å². The van der Waals surface area contributed by atoms with E-state index in [4.69, 9.17) is 0 Å². The van der Waals surface area contributed by atoms with Crippen LogP contribution in [0.1, 0.15) is 45.6 Å². The first-order valence-corrected chi connectivity index (χ1v) is 9.42. The Labute approximate surface area is 166 Å². The van der Waals surface area contributed by atoms with Gasteiger partial charge in [0.1, 0.15) is 0 Å². The number of ether oxygens (including phenoxy) is 1. The van der Waals surface area contributed by atoms with Gasteiger partial charge in [0.2, 0.25) is 17.6 Å². The maximum atomic E-state index is 12.5. The summed E-state index contributed by atoms with van der Waals surface area (Å²) in [7, 11) is 1.15. The molecule has 0 aliphatic heterocycles. The Hall–Kier alpha value is -2.70. The molecule has 0 bridgehead atoms. The number of carbonyl (C=O) groups excluding carboxylic acids is 4. The minimum atomic E-state index is -0.928. The fourth-order valence-electron chi connectivity index (χ4n) is 3.05. The van der Waals surface area contributed by atoms with Crippen molar-refractivity contribution < 1.29 is 23.9 Å². The van der Waals surface area contributed by atoms with Crippen LogP contribution in [-0.2, 0) is 30.3 Å². The van der Waals surface area contributed by atoms with Gasteiger partial charge in [-0.3, -0.25) is 14.4 Å². The first-order chi connectivity index (χ1) is 13.2. The smallest absolute Gasteiger partial charge is 0.374 e. The highest BCUT2D eigenvalue weighted by molar-refractivity contribution is 6.33. The standard InChI is InChI=1S/C21H30N2O5/c1-14(2)10-17(22-15(3)24)13-20(26)23-18(12-19(25)21(27)28-4)11-16-8-6-5-7-9-16/h5-9,14,17-18H,10-13H2,1-4H3,(H,22,24)(H,23,26)/t17-,18?/m0/s1. The predicted octanol–water partition coefficient (Wildman–Crippen LogP) is 1.79. The first kappa shape index (κ1) is 23.3. The minimum absolute atomic E-state index is 0.107. The zero-order valence-electron chi connectivity index (χ0n) is 17.0. The van der Waals surface area contributed by atoms with Gasteiger partial charge in [-0.15, -0.1) is 0 Å². The number of methoxy groups -OCH3 is 1. The Bertz CT molecular complexity index is 673. The Morgan fingerprint density at radius 3 is 2.14 bits per heavy atom. The van der Waals surface area contributed by atoms with Crippen LogP contribution in [0.4, 0.5) is 0 Å².